The minimum Gasteiger partial charge on any atom is -0.374 e. The van der Waals surface area contributed by atoms with Crippen LogP contribution in [0.4, 0.5) is 11.8 Å². The summed E-state index contributed by atoms with van der Waals surface area (Å²) in [5.41, 5.74) is 6.78. The highest BCUT2D eigenvalue weighted by molar-refractivity contribution is 5.49. The molecule has 0 spiro atoms. The van der Waals surface area contributed by atoms with Gasteiger partial charge in [0.25, 0.3) is 0 Å². The van der Waals surface area contributed by atoms with Crippen LogP contribution < -0.4 is 10.6 Å². The third-order valence-electron chi connectivity index (χ3n) is 3.72. The van der Waals surface area contributed by atoms with E-state index >= 15 is 0 Å². The number of anilines is 2. The Morgan fingerprint density at radius 3 is 3.24 bits per heavy atom. The number of fused-ring (bicyclic) bond motifs is 1. The summed E-state index contributed by atoms with van der Waals surface area (Å²) in [5.74, 6) is 1.34. The lowest BCUT2D eigenvalue weighted by molar-refractivity contribution is 0.0253. The molecule has 3 rings (SSSR count). The normalized spacial score (nSPS) is 28.2. The van der Waals surface area contributed by atoms with Gasteiger partial charge < -0.3 is 15.4 Å². The summed E-state index contributed by atoms with van der Waals surface area (Å²) in [7, 11) is 0. The molecule has 2 atom stereocenters. The number of ether oxygens (including phenoxy) is 1. The Kier molecular flexibility index (Phi) is 2.63. The zero-order chi connectivity index (χ0) is 11.8. The molecule has 1 aliphatic heterocycles. The van der Waals surface area contributed by atoms with Crippen molar-refractivity contribution in [1.29, 1.82) is 0 Å². The third-order valence-corrected chi connectivity index (χ3v) is 3.72. The predicted molar refractivity (Wildman–Crippen MR) is 65.9 cm³/mol. The fraction of sp³-hybridized carbons (Fsp3) is 0.667. The molecule has 2 unspecified atom stereocenters. The first-order chi connectivity index (χ1) is 8.25. The number of morpholine rings is 1. The molecule has 0 radical (unpaired) electrons. The molecular formula is C12H18N4O. The third kappa shape index (κ3) is 1.84. The molecule has 92 valence electrons. The van der Waals surface area contributed by atoms with Gasteiger partial charge in [0.15, 0.2) is 0 Å². The van der Waals surface area contributed by atoms with Gasteiger partial charge in [0.2, 0.25) is 5.95 Å². The van der Waals surface area contributed by atoms with Crippen molar-refractivity contribution in [3.63, 3.8) is 0 Å². The summed E-state index contributed by atoms with van der Waals surface area (Å²) in [6.45, 7) is 3.72. The summed E-state index contributed by atoms with van der Waals surface area (Å²) in [6.07, 6.45) is 5.77. The zero-order valence-corrected chi connectivity index (χ0v) is 10.1. The van der Waals surface area contributed by atoms with Crippen LogP contribution in [0.3, 0.4) is 0 Å². The molecule has 0 bridgehead atoms. The van der Waals surface area contributed by atoms with Gasteiger partial charge in [-0.3, -0.25) is 0 Å². The fourth-order valence-corrected chi connectivity index (χ4v) is 2.93. The molecule has 0 aromatic carbocycles. The number of hydrogen-bond donors (Lipinski definition) is 1. The van der Waals surface area contributed by atoms with Crippen molar-refractivity contribution in [2.24, 2.45) is 0 Å². The second-order valence-corrected chi connectivity index (χ2v) is 4.84. The first kappa shape index (κ1) is 10.8. The maximum Gasteiger partial charge on any atom is 0.221 e. The lowest BCUT2D eigenvalue weighted by Crippen LogP contribution is -2.49. The summed E-state index contributed by atoms with van der Waals surface area (Å²) in [4.78, 5) is 10.8. The molecule has 2 N–H and O–H groups in total. The quantitative estimate of drug-likeness (QED) is 0.789. The number of nitrogens with two attached hydrogens (primary N) is 1. The zero-order valence-electron chi connectivity index (χ0n) is 10.1. The average molecular weight is 234 g/mol. The van der Waals surface area contributed by atoms with Crippen LogP contribution in [0.15, 0.2) is 6.20 Å². The van der Waals surface area contributed by atoms with E-state index in [0.29, 0.717) is 18.1 Å². The van der Waals surface area contributed by atoms with Gasteiger partial charge in [0.1, 0.15) is 5.82 Å². The Hall–Kier alpha value is -1.36. The molecule has 17 heavy (non-hydrogen) atoms. The second-order valence-electron chi connectivity index (χ2n) is 4.84. The topological polar surface area (TPSA) is 64.3 Å². The van der Waals surface area contributed by atoms with Gasteiger partial charge in [-0.05, 0) is 26.2 Å². The smallest absolute Gasteiger partial charge is 0.221 e. The van der Waals surface area contributed by atoms with Gasteiger partial charge in [-0.2, -0.15) is 4.98 Å². The number of nitrogen functional groups attached to an aromatic ring is 1. The fourth-order valence-electron chi connectivity index (χ4n) is 2.93. The number of aryl methyl sites for hydroxylation is 1. The van der Waals surface area contributed by atoms with E-state index < -0.39 is 0 Å². The summed E-state index contributed by atoms with van der Waals surface area (Å²) in [5, 5.41) is 0. The number of aromatic nitrogens is 2. The van der Waals surface area contributed by atoms with Crippen molar-refractivity contribution in [1.82, 2.24) is 9.97 Å². The highest BCUT2D eigenvalue weighted by Gasteiger charge is 2.37. The van der Waals surface area contributed by atoms with Gasteiger partial charge in [0.05, 0.1) is 18.8 Å². The van der Waals surface area contributed by atoms with Crippen LogP contribution >= 0.6 is 0 Å². The Labute approximate surface area is 101 Å². The lowest BCUT2D eigenvalue weighted by Gasteiger charge is -2.39. The van der Waals surface area contributed by atoms with Crippen LogP contribution in [0.2, 0.25) is 0 Å². The Bertz CT molecular complexity index is 423. The van der Waals surface area contributed by atoms with Crippen LogP contribution in [0, 0.1) is 6.92 Å². The molecule has 2 aliphatic rings. The van der Waals surface area contributed by atoms with Gasteiger partial charge in [-0.15, -0.1) is 0 Å². The van der Waals surface area contributed by atoms with Crippen LogP contribution in [-0.2, 0) is 4.74 Å². The average Bonchev–Trinajstić information content (AvgIpc) is 2.80. The van der Waals surface area contributed by atoms with E-state index in [4.69, 9.17) is 10.5 Å². The SMILES string of the molecule is Cc1cnc(N)nc1N1CCOC2CCCC21. The number of nitrogens with zero attached hydrogens (tertiary/aromatic N) is 3. The van der Waals surface area contributed by atoms with Gasteiger partial charge in [-0.1, -0.05) is 0 Å². The van der Waals surface area contributed by atoms with E-state index in [2.05, 4.69) is 14.9 Å². The van der Waals surface area contributed by atoms with Gasteiger partial charge in [0, 0.05) is 18.3 Å². The van der Waals surface area contributed by atoms with E-state index in [1.807, 2.05) is 6.92 Å². The van der Waals surface area contributed by atoms with Gasteiger partial charge >= 0.3 is 0 Å². The predicted octanol–water partition coefficient (Wildman–Crippen LogP) is 1.12. The second kappa shape index (κ2) is 4.14. The molecule has 5 nitrogen and oxygen atoms in total. The molecule has 5 heteroatoms. The number of rotatable bonds is 1. The summed E-state index contributed by atoms with van der Waals surface area (Å²) in [6, 6.07) is 0.469. The molecule has 1 saturated heterocycles. The Balaban J connectivity index is 1.94. The minimum atomic E-state index is 0.353. The van der Waals surface area contributed by atoms with E-state index in [-0.39, 0.29) is 0 Å². The van der Waals surface area contributed by atoms with Crippen LogP contribution in [0.1, 0.15) is 24.8 Å². The molecular weight excluding hydrogens is 216 g/mol. The summed E-state index contributed by atoms with van der Waals surface area (Å²) >= 11 is 0. The van der Waals surface area contributed by atoms with Crippen molar-refractivity contribution < 1.29 is 4.74 Å². The molecule has 1 aromatic rings. The molecule has 0 amide bonds. The highest BCUT2D eigenvalue weighted by Crippen LogP contribution is 2.33. The molecule has 1 aliphatic carbocycles. The van der Waals surface area contributed by atoms with Crippen molar-refractivity contribution >= 4 is 11.8 Å². The highest BCUT2D eigenvalue weighted by atomic mass is 16.5. The van der Waals surface area contributed by atoms with Crippen molar-refractivity contribution in [3.05, 3.63) is 11.8 Å². The van der Waals surface area contributed by atoms with E-state index in [0.717, 1.165) is 24.5 Å². The maximum atomic E-state index is 5.81. The minimum absolute atomic E-state index is 0.353. The monoisotopic (exact) mass is 234 g/mol. The van der Waals surface area contributed by atoms with Crippen LogP contribution in [0.25, 0.3) is 0 Å². The van der Waals surface area contributed by atoms with E-state index in [1.165, 1.54) is 19.3 Å². The van der Waals surface area contributed by atoms with Crippen molar-refractivity contribution in [2.75, 3.05) is 23.8 Å². The summed E-state index contributed by atoms with van der Waals surface area (Å²) < 4.78 is 5.81. The Morgan fingerprint density at radius 1 is 1.47 bits per heavy atom. The lowest BCUT2D eigenvalue weighted by atomic mass is 10.1. The van der Waals surface area contributed by atoms with E-state index in [9.17, 15) is 0 Å². The molecule has 2 fully saturated rings. The molecule has 2 heterocycles. The maximum absolute atomic E-state index is 5.81. The Morgan fingerprint density at radius 2 is 2.35 bits per heavy atom. The van der Waals surface area contributed by atoms with Crippen LogP contribution in [0.5, 0.6) is 0 Å². The van der Waals surface area contributed by atoms with Crippen molar-refractivity contribution in [3.8, 4) is 0 Å². The van der Waals surface area contributed by atoms with E-state index in [1.54, 1.807) is 6.20 Å². The standard InChI is InChI=1S/C12H18N4O/c1-8-7-14-12(13)15-11(8)16-5-6-17-10-4-2-3-9(10)16/h7,9-10H,2-6H2,1H3,(H2,13,14,15). The first-order valence-corrected chi connectivity index (χ1v) is 6.23. The first-order valence-electron chi connectivity index (χ1n) is 6.23. The number of hydrogen-bond acceptors (Lipinski definition) is 5. The van der Waals surface area contributed by atoms with Crippen LogP contribution in [-0.4, -0.2) is 35.3 Å². The molecule has 1 saturated carbocycles. The molecule has 1 aromatic heterocycles. The largest absolute Gasteiger partial charge is 0.374 e. The van der Waals surface area contributed by atoms with Crippen molar-refractivity contribution in [2.45, 2.75) is 38.3 Å². The van der Waals surface area contributed by atoms with Gasteiger partial charge in [-0.25, -0.2) is 4.98 Å².